The topological polar surface area (TPSA) is 15.7 Å². The van der Waals surface area contributed by atoms with Gasteiger partial charge in [0, 0.05) is 32.2 Å². The van der Waals surface area contributed by atoms with Crippen molar-refractivity contribution in [1.82, 2.24) is 4.90 Å². The second kappa shape index (κ2) is 6.46. The van der Waals surface area contributed by atoms with Crippen LogP contribution in [0.25, 0.3) is 0 Å². The molecule has 2 fully saturated rings. The van der Waals surface area contributed by atoms with Crippen LogP contribution in [0.2, 0.25) is 0 Å². The van der Waals surface area contributed by atoms with Crippen molar-refractivity contribution < 1.29 is 9.13 Å². The lowest BCUT2D eigenvalue weighted by molar-refractivity contribution is 0.0763. The van der Waals surface area contributed by atoms with E-state index in [4.69, 9.17) is 4.74 Å². The Kier molecular flexibility index (Phi) is 4.42. The molecule has 0 aromatic heterocycles. The Labute approximate surface area is 126 Å². The first-order chi connectivity index (χ1) is 10.3. The zero-order valence-electron chi connectivity index (χ0n) is 12.2. The molecule has 0 amide bonds. The monoisotopic (exact) mass is 288 g/mol. The molecule has 2 heterocycles. The molecule has 2 aliphatic rings. The zero-order chi connectivity index (χ0) is 14.7. The standard InChI is InChI=1S/C17H21FN2O/c1-2-11-21-17-8-10-20(13-17)16-7-9-19(12-16)15-5-3-14(18)4-6-15/h2-3,5,16-17H,1,7-13H2/t16?,17-/m1/s1. The van der Waals surface area contributed by atoms with Crippen molar-refractivity contribution in [2.45, 2.75) is 25.0 Å². The molecule has 0 saturated carbocycles. The van der Waals surface area contributed by atoms with Crippen molar-refractivity contribution in [3.63, 3.8) is 0 Å². The van der Waals surface area contributed by atoms with E-state index in [1.165, 1.54) is 6.07 Å². The largest absolute Gasteiger partial charge is 0.373 e. The van der Waals surface area contributed by atoms with Gasteiger partial charge in [0.05, 0.1) is 18.4 Å². The van der Waals surface area contributed by atoms with Crippen LogP contribution >= 0.6 is 0 Å². The third kappa shape index (κ3) is 3.37. The van der Waals surface area contributed by atoms with Gasteiger partial charge in [0.25, 0.3) is 0 Å². The van der Waals surface area contributed by atoms with Gasteiger partial charge in [-0.3, -0.25) is 4.90 Å². The fourth-order valence-electron chi connectivity index (χ4n) is 3.23. The molecule has 4 heteroatoms. The summed E-state index contributed by atoms with van der Waals surface area (Å²) in [6.07, 6.45) is 4.38. The van der Waals surface area contributed by atoms with Crippen molar-refractivity contribution >= 4 is 5.69 Å². The first-order valence-corrected chi connectivity index (χ1v) is 7.57. The van der Waals surface area contributed by atoms with E-state index in [2.05, 4.69) is 28.5 Å². The first-order valence-electron chi connectivity index (χ1n) is 7.57. The molecule has 21 heavy (non-hydrogen) atoms. The predicted octanol–water partition coefficient (Wildman–Crippen LogP) is 2.28. The van der Waals surface area contributed by atoms with Gasteiger partial charge in [-0.15, -0.1) is 6.58 Å². The van der Waals surface area contributed by atoms with Crippen molar-refractivity contribution in [2.24, 2.45) is 0 Å². The summed E-state index contributed by atoms with van der Waals surface area (Å²) in [7, 11) is 0. The van der Waals surface area contributed by atoms with E-state index < -0.39 is 0 Å². The minimum absolute atomic E-state index is 0.336. The molecule has 1 aromatic rings. The molecular formula is C17H21FN2O. The number of likely N-dealkylation sites (tertiary alicyclic amines) is 1. The highest BCUT2D eigenvalue weighted by molar-refractivity contribution is 5.44. The minimum Gasteiger partial charge on any atom is -0.373 e. The van der Waals surface area contributed by atoms with Gasteiger partial charge in [0.1, 0.15) is 0 Å². The third-order valence-corrected chi connectivity index (χ3v) is 4.34. The molecule has 1 unspecified atom stereocenters. The van der Waals surface area contributed by atoms with Crippen LogP contribution in [-0.4, -0.2) is 49.8 Å². The van der Waals surface area contributed by atoms with Crippen LogP contribution in [-0.2, 0) is 4.74 Å². The van der Waals surface area contributed by atoms with E-state index in [0.717, 1.165) is 44.7 Å². The molecule has 0 radical (unpaired) electrons. The van der Waals surface area contributed by atoms with E-state index in [-0.39, 0.29) is 5.82 Å². The van der Waals surface area contributed by atoms with Crippen molar-refractivity contribution in [3.8, 4) is 0 Å². The Hall–Kier alpha value is -1.57. The van der Waals surface area contributed by atoms with Gasteiger partial charge in [-0.2, -0.15) is 4.39 Å². The second-order valence-corrected chi connectivity index (χ2v) is 5.73. The fourth-order valence-corrected chi connectivity index (χ4v) is 3.23. The lowest BCUT2D eigenvalue weighted by Gasteiger charge is -2.24. The molecular weight excluding hydrogens is 267 g/mol. The number of halogens is 1. The summed E-state index contributed by atoms with van der Waals surface area (Å²) in [6.45, 7) is 8.40. The molecule has 2 aliphatic heterocycles. The molecule has 2 atom stereocenters. The van der Waals surface area contributed by atoms with Gasteiger partial charge in [-0.05, 0) is 37.1 Å². The Morgan fingerprint density at radius 3 is 2.95 bits per heavy atom. The Bertz CT molecular complexity index is 476. The summed E-state index contributed by atoms with van der Waals surface area (Å²) in [5, 5.41) is 0. The van der Waals surface area contributed by atoms with Crippen molar-refractivity contribution in [3.05, 3.63) is 42.7 Å². The molecule has 1 aromatic carbocycles. The van der Waals surface area contributed by atoms with Gasteiger partial charge in [-0.1, -0.05) is 6.08 Å². The number of ether oxygens (including phenoxy) is 1. The van der Waals surface area contributed by atoms with Gasteiger partial charge >= 0.3 is 0 Å². The van der Waals surface area contributed by atoms with Gasteiger partial charge in [0.2, 0.25) is 0 Å². The van der Waals surface area contributed by atoms with Crippen LogP contribution in [0.1, 0.15) is 12.8 Å². The molecule has 2 saturated heterocycles. The third-order valence-electron chi connectivity index (χ3n) is 4.34. The molecule has 0 N–H and O–H groups in total. The molecule has 0 aliphatic carbocycles. The Morgan fingerprint density at radius 2 is 2.19 bits per heavy atom. The normalized spacial score (nSPS) is 26.0. The second-order valence-electron chi connectivity index (χ2n) is 5.73. The summed E-state index contributed by atoms with van der Waals surface area (Å²) in [6, 6.07) is 9.21. The smallest absolute Gasteiger partial charge is 0.173 e. The average molecular weight is 288 g/mol. The molecule has 3 nitrogen and oxygen atoms in total. The average Bonchev–Trinajstić information content (AvgIpc) is 3.15. The Balaban J connectivity index is 1.53. The SMILES string of the molecule is C=CCO[C@@H]1CCN(C2CCN(c3c#cc(F)cc3)C2)C1. The van der Waals surface area contributed by atoms with E-state index in [0.29, 0.717) is 18.8 Å². The maximum absolute atomic E-state index is 12.9. The number of hydrogen-bond acceptors (Lipinski definition) is 3. The van der Waals surface area contributed by atoms with Crippen molar-refractivity contribution in [2.75, 3.05) is 37.7 Å². The fraction of sp³-hybridized carbons (Fsp3) is 0.529. The summed E-state index contributed by atoms with van der Waals surface area (Å²) in [4.78, 5) is 4.78. The van der Waals surface area contributed by atoms with Crippen LogP contribution in [0.5, 0.6) is 0 Å². The summed E-state index contributed by atoms with van der Waals surface area (Å²) >= 11 is 0. The number of anilines is 1. The highest BCUT2D eigenvalue weighted by Gasteiger charge is 2.33. The lowest BCUT2D eigenvalue weighted by Crippen LogP contribution is -2.36. The lowest BCUT2D eigenvalue weighted by atomic mass is 10.2. The number of rotatable bonds is 5. The van der Waals surface area contributed by atoms with Crippen LogP contribution in [0, 0.1) is 17.9 Å². The maximum Gasteiger partial charge on any atom is 0.173 e. The highest BCUT2D eigenvalue weighted by Crippen LogP contribution is 2.25. The molecule has 112 valence electrons. The van der Waals surface area contributed by atoms with E-state index in [1.807, 2.05) is 0 Å². The predicted molar refractivity (Wildman–Crippen MR) is 80.8 cm³/mol. The molecule has 3 rings (SSSR count). The quantitative estimate of drug-likeness (QED) is 0.773. The first kappa shape index (κ1) is 14.4. The van der Waals surface area contributed by atoms with Gasteiger partial charge in [-0.25, -0.2) is 0 Å². The van der Waals surface area contributed by atoms with E-state index in [1.54, 1.807) is 12.1 Å². The number of hydrogen-bond donors (Lipinski definition) is 0. The summed E-state index contributed by atoms with van der Waals surface area (Å²) in [5.41, 5.74) is 0.942. The van der Waals surface area contributed by atoms with Gasteiger partial charge in [0.15, 0.2) is 5.82 Å². The van der Waals surface area contributed by atoms with Crippen LogP contribution in [0.3, 0.4) is 0 Å². The summed E-state index contributed by atoms with van der Waals surface area (Å²) in [5.74, 6) is -0.351. The van der Waals surface area contributed by atoms with E-state index >= 15 is 0 Å². The van der Waals surface area contributed by atoms with E-state index in [9.17, 15) is 4.39 Å². The van der Waals surface area contributed by atoms with Gasteiger partial charge < -0.3 is 9.64 Å². The minimum atomic E-state index is -0.351. The van der Waals surface area contributed by atoms with Crippen LogP contribution < -0.4 is 4.90 Å². The Morgan fingerprint density at radius 1 is 1.29 bits per heavy atom. The van der Waals surface area contributed by atoms with Crippen molar-refractivity contribution in [1.29, 1.82) is 0 Å². The molecule has 0 spiro atoms. The summed E-state index contributed by atoms with van der Waals surface area (Å²) < 4.78 is 18.6. The van der Waals surface area contributed by atoms with Crippen LogP contribution in [0.4, 0.5) is 10.1 Å². The van der Waals surface area contributed by atoms with Crippen LogP contribution in [0.15, 0.2) is 24.8 Å². The highest BCUT2D eigenvalue weighted by atomic mass is 19.1. The molecule has 0 bridgehead atoms. The maximum atomic E-state index is 12.9. The zero-order valence-corrected chi connectivity index (χ0v) is 12.2. The number of nitrogens with zero attached hydrogens (tertiary/aromatic N) is 2.